The predicted molar refractivity (Wildman–Crippen MR) is 103 cm³/mol. The lowest BCUT2D eigenvalue weighted by Crippen LogP contribution is -1.97. The van der Waals surface area contributed by atoms with E-state index in [0.29, 0.717) is 16.4 Å². The quantitative estimate of drug-likeness (QED) is 0.368. The van der Waals surface area contributed by atoms with Gasteiger partial charge in [-0.2, -0.15) is 0 Å². The van der Waals surface area contributed by atoms with E-state index in [0.717, 1.165) is 27.4 Å². The van der Waals surface area contributed by atoms with Crippen molar-refractivity contribution in [1.29, 1.82) is 0 Å². The molecule has 4 rings (SSSR count). The van der Waals surface area contributed by atoms with Crippen LogP contribution in [0.25, 0.3) is 27.4 Å². The molecule has 2 N–H and O–H groups in total. The number of hydrogen-bond acceptors (Lipinski definition) is 4. The Bertz CT molecular complexity index is 1120. The highest BCUT2D eigenvalue weighted by molar-refractivity contribution is 6.30. The summed E-state index contributed by atoms with van der Waals surface area (Å²) >= 11 is 6.07. The van der Waals surface area contributed by atoms with Crippen molar-refractivity contribution >= 4 is 50.5 Å². The molecular weight excluding hydrogens is 334 g/mol. The van der Waals surface area contributed by atoms with Crippen LogP contribution in [0.1, 0.15) is 5.56 Å². The minimum absolute atomic E-state index is 0.0133. The predicted octanol–water partition coefficient (Wildman–Crippen LogP) is 5.71. The fraction of sp³-hybridized carbons (Fsp3) is 0. The first-order valence-corrected chi connectivity index (χ1v) is 8.08. The number of pyridine rings is 2. The fourth-order valence-corrected chi connectivity index (χ4v) is 3.02. The van der Waals surface area contributed by atoms with Crippen molar-refractivity contribution in [3.63, 3.8) is 0 Å². The largest absolute Gasteiger partial charge is 0.508 e. The average Bonchev–Trinajstić information content (AvgIpc) is 2.61. The van der Waals surface area contributed by atoms with Gasteiger partial charge < -0.3 is 10.4 Å². The third-order valence-electron chi connectivity index (χ3n) is 4.02. The normalized spacial score (nSPS) is 10.9. The summed E-state index contributed by atoms with van der Waals surface area (Å²) in [5.74, 6) is 0.715. The highest BCUT2D eigenvalue weighted by Crippen LogP contribution is 2.32. The van der Waals surface area contributed by atoms with Gasteiger partial charge in [-0.15, -0.1) is 0 Å². The van der Waals surface area contributed by atoms with Crippen LogP contribution in [0.3, 0.4) is 0 Å². The zero-order chi connectivity index (χ0) is 17.4. The van der Waals surface area contributed by atoms with Crippen LogP contribution in [0, 0.1) is 0 Å². The monoisotopic (exact) mass is 347 g/mol. The van der Waals surface area contributed by atoms with Crippen molar-refractivity contribution in [3.05, 3.63) is 78.1 Å². The van der Waals surface area contributed by atoms with Gasteiger partial charge in [0.05, 0.1) is 5.52 Å². The molecule has 2 aromatic carbocycles. The molecule has 4 aromatic rings. The van der Waals surface area contributed by atoms with Crippen molar-refractivity contribution in [2.24, 2.45) is 0 Å². The summed E-state index contributed by atoms with van der Waals surface area (Å²) < 4.78 is 0. The van der Waals surface area contributed by atoms with Crippen LogP contribution in [-0.2, 0) is 0 Å². The van der Waals surface area contributed by atoms with Crippen LogP contribution in [0.4, 0.5) is 11.5 Å². The molecule has 0 bridgehead atoms. The molecule has 0 aliphatic rings. The Balaban J connectivity index is 1.96. The molecule has 2 aromatic heterocycles. The minimum atomic E-state index is 0.0133. The smallest absolute Gasteiger partial charge is 0.139 e. The number of nitrogens with zero attached hydrogens (tertiary/aromatic N) is 2. The number of aliphatic hydroxyl groups is 1. The van der Waals surface area contributed by atoms with Crippen LogP contribution in [-0.4, -0.2) is 15.1 Å². The van der Waals surface area contributed by atoms with Crippen LogP contribution in [0.15, 0.2) is 67.5 Å². The van der Waals surface area contributed by atoms with E-state index in [-0.39, 0.29) is 5.76 Å². The number of fused-ring (bicyclic) bond motifs is 3. The summed E-state index contributed by atoms with van der Waals surface area (Å²) in [5.41, 5.74) is 2.23. The fourth-order valence-electron chi connectivity index (χ4n) is 2.83. The van der Waals surface area contributed by atoms with E-state index in [1.54, 1.807) is 6.20 Å². The van der Waals surface area contributed by atoms with E-state index >= 15 is 0 Å². The van der Waals surface area contributed by atoms with Gasteiger partial charge in [0.15, 0.2) is 0 Å². The molecule has 5 heteroatoms. The number of halogens is 1. The van der Waals surface area contributed by atoms with Crippen LogP contribution in [0.5, 0.6) is 0 Å². The van der Waals surface area contributed by atoms with E-state index in [2.05, 4.69) is 16.9 Å². The highest BCUT2D eigenvalue weighted by atomic mass is 35.5. The third kappa shape index (κ3) is 2.88. The van der Waals surface area contributed by atoms with Gasteiger partial charge in [0, 0.05) is 44.8 Å². The summed E-state index contributed by atoms with van der Waals surface area (Å²) in [6.45, 7) is 3.58. The van der Waals surface area contributed by atoms with Crippen LogP contribution < -0.4 is 5.32 Å². The van der Waals surface area contributed by atoms with Crippen molar-refractivity contribution < 1.29 is 5.11 Å². The number of anilines is 2. The maximum atomic E-state index is 9.67. The Morgan fingerprint density at radius 3 is 2.72 bits per heavy atom. The molecule has 0 saturated carbocycles. The second-order valence-corrected chi connectivity index (χ2v) is 6.13. The zero-order valence-electron chi connectivity index (χ0n) is 13.2. The average molecular weight is 348 g/mol. The first-order chi connectivity index (χ1) is 12.1. The standard InChI is InChI=1S/C20H14ClN3O/c1-12(25)13-5-6-16-18-11-22-8-7-17(18)20(24-19(16)9-13)23-15-4-2-3-14(21)10-15/h2-11,25H,1H2,(H,23,24). The molecule has 25 heavy (non-hydrogen) atoms. The molecule has 0 spiro atoms. The van der Waals surface area contributed by atoms with Gasteiger partial charge in [0.2, 0.25) is 0 Å². The molecule has 122 valence electrons. The number of aliphatic hydroxyl groups excluding tert-OH is 1. The van der Waals surface area contributed by atoms with Crippen LogP contribution in [0.2, 0.25) is 5.02 Å². The Labute approximate surface area is 149 Å². The number of rotatable bonds is 3. The van der Waals surface area contributed by atoms with Crippen molar-refractivity contribution in [3.8, 4) is 0 Å². The molecule has 0 fully saturated rings. The first kappa shape index (κ1) is 15.4. The SMILES string of the molecule is C=C(O)c1ccc2c(c1)nc(Nc1cccc(Cl)c1)c1ccncc12. The molecule has 0 aliphatic carbocycles. The lowest BCUT2D eigenvalue weighted by atomic mass is 10.1. The van der Waals surface area contributed by atoms with Crippen molar-refractivity contribution in [2.45, 2.75) is 0 Å². The van der Waals surface area contributed by atoms with Gasteiger partial charge in [-0.25, -0.2) is 4.98 Å². The first-order valence-electron chi connectivity index (χ1n) is 7.70. The Morgan fingerprint density at radius 2 is 1.92 bits per heavy atom. The highest BCUT2D eigenvalue weighted by Gasteiger charge is 2.10. The second-order valence-electron chi connectivity index (χ2n) is 5.70. The zero-order valence-corrected chi connectivity index (χ0v) is 14.0. The molecule has 0 radical (unpaired) electrons. The number of nitrogens with one attached hydrogen (secondary N) is 1. The lowest BCUT2D eigenvalue weighted by Gasteiger charge is -2.12. The summed E-state index contributed by atoms with van der Waals surface area (Å²) in [6, 6.07) is 14.9. The van der Waals surface area contributed by atoms with Crippen molar-refractivity contribution in [1.82, 2.24) is 9.97 Å². The molecule has 0 saturated heterocycles. The second kappa shape index (κ2) is 6.07. The van der Waals surface area contributed by atoms with E-state index in [4.69, 9.17) is 16.6 Å². The minimum Gasteiger partial charge on any atom is -0.508 e. The van der Waals surface area contributed by atoms with Gasteiger partial charge in [-0.1, -0.05) is 36.4 Å². The maximum Gasteiger partial charge on any atom is 0.139 e. The Hall–Kier alpha value is -3.11. The molecule has 0 amide bonds. The molecule has 2 heterocycles. The van der Waals surface area contributed by atoms with E-state index in [1.807, 2.05) is 54.7 Å². The molecule has 0 unspecified atom stereocenters. The van der Waals surface area contributed by atoms with Crippen LogP contribution >= 0.6 is 11.6 Å². The van der Waals surface area contributed by atoms with Gasteiger partial charge >= 0.3 is 0 Å². The van der Waals surface area contributed by atoms with Gasteiger partial charge in [0.25, 0.3) is 0 Å². The van der Waals surface area contributed by atoms with Gasteiger partial charge in [0.1, 0.15) is 11.6 Å². The lowest BCUT2D eigenvalue weighted by molar-refractivity contribution is 0.514. The van der Waals surface area contributed by atoms with E-state index < -0.39 is 0 Å². The Morgan fingerprint density at radius 1 is 1.04 bits per heavy atom. The molecule has 0 aliphatic heterocycles. The maximum absolute atomic E-state index is 9.67. The van der Waals surface area contributed by atoms with E-state index in [9.17, 15) is 5.11 Å². The van der Waals surface area contributed by atoms with Gasteiger partial charge in [-0.3, -0.25) is 4.98 Å². The molecule has 4 nitrogen and oxygen atoms in total. The summed E-state index contributed by atoms with van der Waals surface area (Å²) in [7, 11) is 0. The number of aromatic nitrogens is 2. The van der Waals surface area contributed by atoms with Crippen molar-refractivity contribution in [2.75, 3.05) is 5.32 Å². The number of benzene rings is 2. The topological polar surface area (TPSA) is 58.0 Å². The Kier molecular flexibility index (Phi) is 3.75. The summed E-state index contributed by atoms with van der Waals surface area (Å²) in [5, 5.41) is 16.5. The molecule has 0 atom stereocenters. The van der Waals surface area contributed by atoms with E-state index in [1.165, 1.54) is 0 Å². The summed E-state index contributed by atoms with van der Waals surface area (Å²) in [4.78, 5) is 8.98. The van der Waals surface area contributed by atoms with Gasteiger partial charge in [-0.05, 0) is 30.3 Å². The summed E-state index contributed by atoms with van der Waals surface area (Å²) in [6.07, 6.45) is 3.55. The molecular formula is C20H14ClN3O. The third-order valence-corrected chi connectivity index (χ3v) is 4.25. The number of hydrogen-bond donors (Lipinski definition) is 2.